The van der Waals surface area contributed by atoms with Gasteiger partial charge >= 0.3 is 0 Å². The largest absolute Gasteiger partial charge is 0.369 e. The van der Waals surface area contributed by atoms with E-state index in [4.69, 9.17) is 23.1 Å². The van der Waals surface area contributed by atoms with E-state index in [0.29, 0.717) is 10.7 Å². The van der Waals surface area contributed by atoms with Crippen LogP contribution < -0.4 is 22.3 Å². The molecule has 14 heavy (non-hydrogen) atoms. The van der Waals surface area contributed by atoms with Gasteiger partial charge in [0.05, 0.1) is 0 Å². The summed E-state index contributed by atoms with van der Waals surface area (Å²) in [6.45, 7) is 0. The van der Waals surface area contributed by atoms with Gasteiger partial charge in [-0.25, -0.2) is 9.98 Å². The lowest BCUT2D eigenvalue weighted by atomic mass is 10.1. The molecule has 0 saturated heterocycles. The molecule has 1 aromatic heterocycles. The minimum Gasteiger partial charge on any atom is -0.369 e. The first-order chi connectivity index (χ1) is 6.60. The number of hydrogen-bond acceptors (Lipinski definition) is 6. The fraction of sp³-hybridized carbons (Fsp3) is 0.143. The molecule has 0 aliphatic carbocycles. The average Bonchev–Trinajstić information content (AvgIpc) is 2.48. The van der Waals surface area contributed by atoms with Gasteiger partial charge in [0.25, 0.3) is 0 Å². The molecule has 0 fully saturated rings. The summed E-state index contributed by atoms with van der Waals surface area (Å²) < 4.78 is 0. The maximum absolute atomic E-state index is 5.91. The molecule has 2 rings (SSSR count). The van der Waals surface area contributed by atoms with Gasteiger partial charge in [0, 0.05) is 11.8 Å². The Morgan fingerprint density at radius 3 is 2.86 bits per heavy atom. The maximum atomic E-state index is 5.91. The van der Waals surface area contributed by atoms with Gasteiger partial charge < -0.3 is 5.73 Å². The predicted octanol–water partition coefficient (Wildman–Crippen LogP) is -0.774. The lowest BCUT2D eigenvalue weighted by molar-refractivity contribution is 0.375. The van der Waals surface area contributed by atoms with Gasteiger partial charge in [0.15, 0.2) is 0 Å². The van der Waals surface area contributed by atoms with Crippen LogP contribution in [0.4, 0.5) is 0 Å². The van der Waals surface area contributed by atoms with Crippen LogP contribution in [0.2, 0.25) is 5.15 Å². The highest BCUT2D eigenvalue weighted by Crippen LogP contribution is 2.20. The molecular weight excluding hydrogens is 204 g/mol. The molecule has 1 aromatic rings. The Balaban J connectivity index is 2.40. The fourth-order valence-electron chi connectivity index (χ4n) is 1.18. The first-order valence-electron chi connectivity index (χ1n) is 3.89. The van der Waals surface area contributed by atoms with E-state index >= 15 is 0 Å². The summed E-state index contributed by atoms with van der Waals surface area (Å²) in [5.41, 5.74) is 17.4. The highest BCUT2D eigenvalue weighted by molar-refractivity contribution is 6.29. The summed E-state index contributed by atoms with van der Waals surface area (Å²) in [4.78, 5) is 7.84. The molecular formula is C7H9ClN6. The topological polar surface area (TPSA) is 101 Å². The summed E-state index contributed by atoms with van der Waals surface area (Å²) in [6.07, 6.45) is 1.55. The van der Waals surface area contributed by atoms with E-state index in [9.17, 15) is 0 Å². The van der Waals surface area contributed by atoms with E-state index in [1.807, 2.05) is 0 Å². The van der Waals surface area contributed by atoms with Crippen molar-refractivity contribution >= 4 is 17.6 Å². The summed E-state index contributed by atoms with van der Waals surface area (Å²) in [5, 5.41) is 0.356. The Hall–Kier alpha value is -1.37. The number of pyridine rings is 1. The molecule has 0 spiro atoms. The standard InChI is InChI=1S/C7H9ClN6/c8-5-3-4(1-2-11-5)7(10)12-6(9)13-14-7/h1-3,14H,10H2,(H3,9,12,13). The highest BCUT2D eigenvalue weighted by atomic mass is 35.5. The number of halogens is 1. The summed E-state index contributed by atoms with van der Waals surface area (Å²) in [7, 11) is 0. The van der Waals surface area contributed by atoms with Crippen molar-refractivity contribution in [2.45, 2.75) is 5.79 Å². The van der Waals surface area contributed by atoms with Gasteiger partial charge in [-0.05, 0) is 12.1 Å². The normalized spacial score (nSPS) is 25.7. The van der Waals surface area contributed by atoms with Gasteiger partial charge in [-0.1, -0.05) is 11.6 Å². The van der Waals surface area contributed by atoms with Gasteiger partial charge in [0.1, 0.15) is 5.15 Å². The van der Waals surface area contributed by atoms with Gasteiger partial charge in [-0.15, -0.1) is 0 Å². The zero-order valence-corrected chi connectivity index (χ0v) is 7.92. The second-order valence-corrected chi connectivity index (χ2v) is 3.27. The molecule has 0 radical (unpaired) electrons. The van der Waals surface area contributed by atoms with Crippen LogP contribution in [0.25, 0.3) is 0 Å². The quantitative estimate of drug-likeness (QED) is 0.458. The van der Waals surface area contributed by atoms with Gasteiger partial charge in [0.2, 0.25) is 11.7 Å². The van der Waals surface area contributed by atoms with Crippen LogP contribution in [0.5, 0.6) is 0 Å². The lowest BCUT2D eigenvalue weighted by Crippen LogP contribution is -2.50. The zero-order valence-electron chi connectivity index (χ0n) is 7.16. The van der Waals surface area contributed by atoms with Crippen LogP contribution >= 0.6 is 11.6 Å². The number of guanidine groups is 1. The molecule has 1 aliphatic heterocycles. The number of nitrogens with one attached hydrogen (secondary N) is 2. The Labute approximate surface area is 85.3 Å². The number of hydrogen-bond donors (Lipinski definition) is 4. The second kappa shape index (κ2) is 3.09. The number of rotatable bonds is 1. The number of aromatic nitrogens is 1. The Bertz CT molecular complexity index is 392. The minimum atomic E-state index is -1.07. The fourth-order valence-corrected chi connectivity index (χ4v) is 1.36. The molecule has 1 aliphatic rings. The van der Waals surface area contributed by atoms with Crippen LogP contribution in [-0.2, 0) is 5.79 Å². The zero-order chi connectivity index (χ0) is 10.2. The second-order valence-electron chi connectivity index (χ2n) is 2.88. The van der Waals surface area contributed by atoms with Crippen molar-refractivity contribution in [3.63, 3.8) is 0 Å². The SMILES string of the molecule is NC1=NC(N)(c2ccnc(Cl)c2)NN1. The Morgan fingerprint density at radius 1 is 1.50 bits per heavy atom. The van der Waals surface area contributed by atoms with Crippen molar-refractivity contribution in [1.29, 1.82) is 0 Å². The van der Waals surface area contributed by atoms with Crippen LogP contribution in [0.3, 0.4) is 0 Å². The van der Waals surface area contributed by atoms with Crippen LogP contribution in [0.15, 0.2) is 23.3 Å². The molecule has 7 heteroatoms. The van der Waals surface area contributed by atoms with E-state index in [-0.39, 0.29) is 5.96 Å². The average molecular weight is 213 g/mol. The molecule has 0 aromatic carbocycles. The molecule has 2 heterocycles. The summed E-state index contributed by atoms with van der Waals surface area (Å²) in [5.74, 6) is -0.836. The predicted molar refractivity (Wildman–Crippen MR) is 53.0 cm³/mol. The third-order valence-electron chi connectivity index (χ3n) is 1.84. The lowest BCUT2D eigenvalue weighted by Gasteiger charge is -2.20. The van der Waals surface area contributed by atoms with Crippen LogP contribution in [0.1, 0.15) is 5.56 Å². The molecule has 0 bridgehead atoms. The summed E-state index contributed by atoms with van der Waals surface area (Å²) in [6, 6.07) is 3.33. The van der Waals surface area contributed by atoms with Crippen LogP contribution in [0, 0.1) is 0 Å². The van der Waals surface area contributed by atoms with Crippen molar-refractivity contribution in [2.75, 3.05) is 0 Å². The van der Waals surface area contributed by atoms with E-state index in [1.165, 1.54) is 0 Å². The van der Waals surface area contributed by atoms with Gasteiger partial charge in [-0.3, -0.25) is 11.2 Å². The molecule has 1 unspecified atom stereocenters. The Morgan fingerprint density at radius 2 is 2.29 bits per heavy atom. The van der Waals surface area contributed by atoms with Crippen molar-refractivity contribution < 1.29 is 0 Å². The number of aliphatic imine (C=N–C) groups is 1. The maximum Gasteiger partial charge on any atom is 0.209 e. The molecule has 6 nitrogen and oxygen atoms in total. The van der Waals surface area contributed by atoms with Crippen molar-refractivity contribution in [3.8, 4) is 0 Å². The third kappa shape index (κ3) is 1.50. The first kappa shape index (κ1) is 9.20. The molecule has 0 amide bonds. The highest BCUT2D eigenvalue weighted by Gasteiger charge is 2.31. The summed E-state index contributed by atoms with van der Waals surface area (Å²) >= 11 is 5.73. The third-order valence-corrected chi connectivity index (χ3v) is 2.05. The van der Waals surface area contributed by atoms with Crippen molar-refractivity contribution in [1.82, 2.24) is 15.8 Å². The van der Waals surface area contributed by atoms with E-state index in [2.05, 4.69) is 20.8 Å². The van der Waals surface area contributed by atoms with Crippen molar-refractivity contribution in [2.24, 2.45) is 16.5 Å². The number of hydrazine groups is 1. The monoisotopic (exact) mass is 212 g/mol. The van der Waals surface area contributed by atoms with Gasteiger partial charge in [-0.2, -0.15) is 5.43 Å². The van der Waals surface area contributed by atoms with Crippen molar-refractivity contribution in [3.05, 3.63) is 29.0 Å². The minimum absolute atomic E-state index is 0.237. The molecule has 1 atom stereocenters. The Kier molecular flexibility index (Phi) is 2.03. The number of nitrogens with zero attached hydrogens (tertiary/aromatic N) is 2. The smallest absolute Gasteiger partial charge is 0.209 e. The molecule has 6 N–H and O–H groups in total. The van der Waals surface area contributed by atoms with E-state index in [0.717, 1.165) is 0 Å². The van der Waals surface area contributed by atoms with Crippen LogP contribution in [-0.4, -0.2) is 10.9 Å². The van der Waals surface area contributed by atoms with E-state index < -0.39 is 5.79 Å². The number of nitrogens with two attached hydrogens (primary N) is 2. The first-order valence-corrected chi connectivity index (χ1v) is 4.27. The molecule has 0 saturated carbocycles. The van der Waals surface area contributed by atoms with E-state index in [1.54, 1.807) is 18.3 Å². The molecule has 74 valence electrons.